The van der Waals surface area contributed by atoms with E-state index in [9.17, 15) is 20.0 Å². The number of phenolic OH excluding ortho intramolecular Hbond substituents is 1. The van der Waals surface area contributed by atoms with E-state index in [4.69, 9.17) is 9.47 Å². The predicted octanol–water partition coefficient (Wildman–Crippen LogP) is 3.82. The number of aromatic hydroxyl groups is 1. The van der Waals surface area contributed by atoms with Gasteiger partial charge in [-0.05, 0) is 36.8 Å². The van der Waals surface area contributed by atoms with Gasteiger partial charge in [-0.25, -0.2) is 9.79 Å². The normalized spacial score (nSPS) is 14.7. The number of para-hydroxylation sites is 1. The van der Waals surface area contributed by atoms with E-state index in [1.807, 2.05) is 0 Å². The molecule has 1 heterocycles. The minimum absolute atomic E-state index is 0.0610. The smallest absolute Gasteiger partial charge is 0.363 e. The van der Waals surface area contributed by atoms with Gasteiger partial charge < -0.3 is 14.6 Å². The van der Waals surface area contributed by atoms with Gasteiger partial charge in [0.05, 0.1) is 11.5 Å². The number of rotatable bonds is 7. The number of cyclic esters (lactones) is 1. The molecule has 1 aliphatic heterocycles. The monoisotopic (exact) mass is 382 g/mol. The number of nitrogens with zero attached hydrogens (tertiary/aromatic N) is 2. The molecular formula is C20H18N2O6. The average Bonchev–Trinajstić information content (AvgIpc) is 3.04. The number of phenols is 1. The summed E-state index contributed by atoms with van der Waals surface area (Å²) in [5, 5.41) is 20.9. The van der Waals surface area contributed by atoms with Gasteiger partial charge in [0.1, 0.15) is 5.75 Å². The average molecular weight is 382 g/mol. The maximum absolute atomic E-state index is 12.1. The molecule has 0 radical (unpaired) electrons. The Bertz CT molecular complexity index is 963. The van der Waals surface area contributed by atoms with Gasteiger partial charge in [0.25, 0.3) is 0 Å². The van der Waals surface area contributed by atoms with Crippen molar-refractivity contribution in [2.45, 2.75) is 19.8 Å². The molecule has 0 fully saturated rings. The molecule has 0 aromatic heterocycles. The molecular weight excluding hydrogens is 364 g/mol. The molecule has 0 saturated heterocycles. The number of carbonyl (C=O) groups excluding carboxylic acids is 1. The molecule has 1 aliphatic rings. The summed E-state index contributed by atoms with van der Waals surface area (Å²) in [6.45, 7) is 2.71. The van der Waals surface area contributed by atoms with E-state index >= 15 is 0 Å². The van der Waals surface area contributed by atoms with Crippen molar-refractivity contribution in [1.82, 2.24) is 0 Å². The van der Waals surface area contributed by atoms with Crippen molar-refractivity contribution in [3.05, 3.63) is 69.4 Å². The SMILES string of the molecule is CCCCOc1ccc(C2=NC(=Cc3cccc([N+](=O)[O-])c3O)C(=O)O2)cc1. The molecule has 28 heavy (non-hydrogen) atoms. The zero-order valence-electron chi connectivity index (χ0n) is 15.1. The number of unbranched alkanes of at least 4 members (excludes halogenated alkanes) is 1. The van der Waals surface area contributed by atoms with Crippen LogP contribution in [0.25, 0.3) is 6.08 Å². The van der Waals surface area contributed by atoms with Gasteiger partial charge in [-0.2, -0.15) is 0 Å². The number of hydrogen-bond acceptors (Lipinski definition) is 7. The lowest BCUT2D eigenvalue weighted by Gasteiger charge is -2.05. The zero-order chi connectivity index (χ0) is 20.1. The fourth-order valence-corrected chi connectivity index (χ4v) is 2.52. The molecule has 1 N–H and O–H groups in total. The van der Waals surface area contributed by atoms with Crippen LogP contribution in [0.4, 0.5) is 5.69 Å². The van der Waals surface area contributed by atoms with Crippen molar-refractivity contribution in [2.24, 2.45) is 4.99 Å². The molecule has 0 unspecified atom stereocenters. The summed E-state index contributed by atoms with van der Waals surface area (Å²) >= 11 is 0. The first-order valence-electron chi connectivity index (χ1n) is 8.71. The number of nitro benzene ring substituents is 1. The lowest BCUT2D eigenvalue weighted by atomic mass is 10.1. The first kappa shape index (κ1) is 19.1. The minimum atomic E-state index is -0.705. The summed E-state index contributed by atoms with van der Waals surface area (Å²) in [4.78, 5) is 26.4. The van der Waals surface area contributed by atoms with E-state index in [2.05, 4.69) is 11.9 Å². The lowest BCUT2D eigenvalue weighted by molar-refractivity contribution is -0.385. The maximum Gasteiger partial charge on any atom is 0.363 e. The van der Waals surface area contributed by atoms with Crippen LogP contribution in [0.5, 0.6) is 11.5 Å². The van der Waals surface area contributed by atoms with E-state index in [0.29, 0.717) is 17.9 Å². The van der Waals surface area contributed by atoms with Crippen molar-refractivity contribution in [1.29, 1.82) is 0 Å². The number of nitro groups is 1. The molecule has 0 saturated carbocycles. The Kier molecular flexibility index (Phi) is 5.69. The van der Waals surface area contributed by atoms with Crippen LogP contribution in [0.3, 0.4) is 0 Å². The second-order valence-electron chi connectivity index (χ2n) is 6.03. The van der Waals surface area contributed by atoms with Crippen LogP contribution in [0, 0.1) is 10.1 Å². The Morgan fingerprint density at radius 3 is 2.68 bits per heavy atom. The minimum Gasteiger partial charge on any atom is -0.502 e. The summed E-state index contributed by atoms with van der Waals surface area (Å²) in [7, 11) is 0. The van der Waals surface area contributed by atoms with Gasteiger partial charge in [-0.3, -0.25) is 10.1 Å². The molecule has 0 atom stereocenters. The van der Waals surface area contributed by atoms with Crippen LogP contribution in [0.1, 0.15) is 30.9 Å². The number of esters is 1. The molecule has 8 nitrogen and oxygen atoms in total. The molecule has 8 heteroatoms. The number of benzene rings is 2. The second-order valence-corrected chi connectivity index (χ2v) is 6.03. The van der Waals surface area contributed by atoms with Crippen LogP contribution in [0.15, 0.2) is 53.2 Å². The van der Waals surface area contributed by atoms with Crippen molar-refractivity contribution in [3.8, 4) is 11.5 Å². The van der Waals surface area contributed by atoms with E-state index < -0.39 is 22.3 Å². The van der Waals surface area contributed by atoms with Gasteiger partial charge >= 0.3 is 11.7 Å². The highest BCUT2D eigenvalue weighted by atomic mass is 16.6. The second kappa shape index (κ2) is 8.34. The molecule has 0 spiro atoms. The third-order valence-electron chi connectivity index (χ3n) is 4.02. The first-order chi connectivity index (χ1) is 13.5. The third-order valence-corrected chi connectivity index (χ3v) is 4.02. The summed E-state index contributed by atoms with van der Waals surface area (Å²) < 4.78 is 10.8. The number of aliphatic imine (C=N–C) groups is 1. The van der Waals surface area contributed by atoms with Crippen LogP contribution in [-0.2, 0) is 9.53 Å². The lowest BCUT2D eigenvalue weighted by Crippen LogP contribution is -2.05. The summed E-state index contributed by atoms with van der Waals surface area (Å²) in [5.41, 5.74) is 0.173. The Morgan fingerprint density at radius 1 is 1.25 bits per heavy atom. The number of hydrogen-bond donors (Lipinski definition) is 1. The molecule has 2 aromatic carbocycles. The Morgan fingerprint density at radius 2 is 2.00 bits per heavy atom. The predicted molar refractivity (Wildman–Crippen MR) is 102 cm³/mol. The topological polar surface area (TPSA) is 111 Å². The summed E-state index contributed by atoms with van der Waals surface area (Å²) in [5.74, 6) is -0.421. The van der Waals surface area contributed by atoms with Crippen molar-refractivity contribution in [2.75, 3.05) is 6.61 Å². The van der Waals surface area contributed by atoms with Crippen LogP contribution >= 0.6 is 0 Å². The number of carbonyl (C=O) groups is 1. The van der Waals surface area contributed by atoms with Gasteiger partial charge in [-0.1, -0.05) is 25.5 Å². The van der Waals surface area contributed by atoms with E-state index in [-0.39, 0.29) is 17.2 Å². The standard InChI is InChI=1S/C20H18N2O6/c1-2-3-11-27-15-9-7-13(8-10-15)19-21-16(20(24)28-19)12-14-5-4-6-17(18(14)23)22(25)26/h4-10,12,23H,2-3,11H2,1H3. The van der Waals surface area contributed by atoms with Crippen molar-refractivity contribution in [3.63, 3.8) is 0 Å². The fourth-order valence-electron chi connectivity index (χ4n) is 2.52. The molecule has 2 aromatic rings. The van der Waals surface area contributed by atoms with Gasteiger partial charge in [0, 0.05) is 17.2 Å². The highest BCUT2D eigenvalue weighted by Gasteiger charge is 2.25. The molecule has 0 amide bonds. The fraction of sp³-hybridized carbons (Fsp3) is 0.200. The Balaban J connectivity index is 1.82. The van der Waals surface area contributed by atoms with Crippen molar-refractivity contribution < 1.29 is 24.3 Å². The van der Waals surface area contributed by atoms with Crippen LogP contribution in [0.2, 0.25) is 0 Å². The quantitative estimate of drug-likeness (QED) is 0.256. The van der Waals surface area contributed by atoms with Gasteiger partial charge in [0.15, 0.2) is 5.70 Å². The summed E-state index contributed by atoms with van der Waals surface area (Å²) in [6.07, 6.45) is 3.25. The van der Waals surface area contributed by atoms with E-state index in [0.717, 1.165) is 12.8 Å². The van der Waals surface area contributed by atoms with Crippen LogP contribution in [-0.4, -0.2) is 28.5 Å². The van der Waals surface area contributed by atoms with E-state index in [1.54, 1.807) is 24.3 Å². The van der Waals surface area contributed by atoms with Crippen LogP contribution < -0.4 is 4.74 Å². The highest BCUT2D eigenvalue weighted by Crippen LogP contribution is 2.32. The zero-order valence-corrected chi connectivity index (χ0v) is 15.1. The highest BCUT2D eigenvalue weighted by molar-refractivity contribution is 6.13. The van der Waals surface area contributed by atoms with Gasteiger partial charge in [-0.15, -0.1) is 0 Å². The third kappa shape index (κ3) is 4.17. The van der Waals surface area contributed by atoms with E-state index in [1.165, 1.54) is 24.3 Å². The Labute approximate surface area is 160 Å². The molecule has 0 bridgehead atoms. The maximum atomic E-state index is 12.1. The Hall–Kier alpha value is -3.68. The first-order valence-corrected chi connectivity index (χ1v) is 8.71. The molecule has 3 rings (SSSR count). The molecule has 144 valence electrons. The van der Waals surface area contributed by atoms with Gasteiger partial charge in [0.2, 0.25) is 11.6 Å². The largest absolute Gasteiger partial charge is 0.502 e. The summed E-state index contributed by atoms with van der Waals surface area (Å²) in [6, 6.07) is 11.0. The molecule has 0 aliphatic carbocycles. The number of ether oxygens (including phenoxy) is 2. The van der Waals surface area contributed by atoms with Crippen molar-refractivity contribution >= 4 is 23.6 Å².